The molecule has 3 aromatic rings. The van der Waals surface area contributed by atoms with Crippen LogP contribution in [0.4, 0.5) is 0 Å². The second-order valence-electron chi connectivity index (χ2n) is 4.76. The molecule has 0 radical (unpaired) electrons. The van der Waals surface area contributed by atoms with E-state index in [2.05, 4.69) is 9.97 Å². The number of imidazole rings is 1. The number of aromatic nitrogens is 2. The number of fused-ring (bicyclic) bond motifs is 1. The van der Waals surface area contributed by atoms with Crippen LogP contribution in [0.5, 0.6) is 0 Å². The number of benzene rings is 2. The molecule has 0 spiro atoms. The Morgan fingerprint density at radius 3 is 2.45 bits per heavy atom. The summed E-state index contributed by atoms with van der Waals surface area (Å²) in [5.41, 5.74) is 2.31. The molecule has 1 heterocycles. The minimum absolute atomic E-state index is 0.104. The second kappa shape index (κ2) is 5.42. The molecular formula is C14H9Cl3N2O2S. The predicted molar refractivity (Wildman–Crippen MR) is 89.7 cm³/mol. The number of sulfone groups is 1. The minimum atomic E-state index is -3.43. The molecule has 1 N–H and O–H groups in total. The van der Waals surface area contributed by atoms with Gasteiger partial charge in [-0.2, -0.15) is 0 Å². The first-order valence-electron chi connectivity index (χ1n) is 6.11. The number of nitrogens with zero attached hydrogens (tertiary/aromatic N) is 1. The standard InChI is InChI=1S/C14H9Cl3N2O2S/c1-22(20,21)14-18-11-5-8(10(16)6-12(11)19-14)7-3-2-4-9(15)13(7)17/h2-6H,1H3,(H,18,19). The van der Waals surface area contributed by atoms with E-state index in [1.165, 1.54) is 0 Å². The van der Waals surface area contributed by atoms with Crippen molar-refractivity contribution in [2.45, 2.75) is 5.16 Å². The zero-order valence-corrected chi connectivity index (χ0v) is 14.3. The summed E-state index contributed by atoms with van der Waals surface area (Å²) in [6, 6.07) is 8.52. The Morgan fingerprint density at radius 2 is 1.77 bits per heavy atom. The van der Waals surface area contributed by atoms with Gasteiger partial charge in [-0.25, -0.2) is 13.4 Å². The van der Waals surface area contributed by atoms with E-state index in [0.29, 0.717) is 37.2 Å². The van der Waals surface area contributed by atoms with E-state index in [4.69, 9.17) is 34.8 Å². The highest BCUT2D eigenvalue weighted by molar-refractivity contribution is 7.90. The summed E-state index contributed by atoms with van der Waals surface area (Å²) in [5, 5.41) is 1.10. The number of H-pyrrole nitrogens is 1. The molecule has 0 saturated carbocycles. The second-order valence-corrected chi connectivity index (χ2v) is 7.89. The van der Waals surface area contributed by atoms with Gasteiger partial charge in [0.05, 0.1) is 26.1 Å². The van der Waals surface area contributed by atoms with Gasteiger partial charge in [0.15, 0.2) is 0 Å². The third-order valence-electron chi connectivity index (χ3n) is 3.14. The van der Waals surface area contributed by atoms with Gasteiger partial charge in [0.1, 0.15) is 0 Å². The monoisotopic (exact) mass is 374 g/mol. The topological polar surface area (TPSA) is 62.8 Å². The molecule has 0 atom stereocenters. The summed E-state index contributed by atoms with van der Waals surface area (Å²) in [6.07, 6.45) is 1.08. The average molecular weight is 376 g/mol. The number of rotatable bonds is 2. The fraction of sp³-hybridized carbons (Fsp3) is 0.0714. The Morgan fingerprint density at radius 1 is 1.05 bits per heavy atom. The first-order chi connectivity index (χ1) is 10.3. The van der Waals surface area contributed by atoms with Crippen molar-refractivity contribution in [2.75, 3.05) is 6.26 Å². The van der Waals surface area contributed by atoms with Crippen molar-refractivity contribution in [1.29, 1.82) is 0 Å². The molecule has 22 heavy (non-hydrogen) atoms. The SMILES string of the molecule is CS(=O)(=O)c1nc2cc(-c3cccc(Cl)c3Cl)c(Cl)cc2[nH]1. The summed E-state index contributed by atoms with van der Waals surface area (Å²) < 4.78 is 23.2. The molecule has 4 nitrogen and oxygen atoms in total. The van der Waals surface area contributed by atoms with Crippen molar-refractivity contribution in [3.8, 4) is 11.1 Å². The summed E-state index contributed by atoms with van der Waals surface area (Å²) >= 11 is 18.5. The predicted octanol–water partition coefficient (Wildman–Crippen LogP) is 4.59. The van der Waals surface area contributed by atoms with Gasteiger partial charge < -0.3 is 4.98 Å². The Bertz CT molecular complexity index is 997. The van der Waals surface area contributed by atoms with Gasteiger partial charge in [-0.15, -0.1) is 0 Å². The number of halogens is 3. The largest absolute Gasteiger partial charge is 0.329 e. The van der Waals surface area contributed by atoms with E-state index in [9.17, 15) is 8.42 Å². The van der Waals surface area contributed by atoms with Crippen molar-refractivity contribution in [1.82, 2.24) is 9.97 Å². The number of hydrogen-bond acceptors (Lipinski definition) is 3. The van der Waals surface area contributed by atoms with Gasteiger partial charge in [-0.1, -0.05) is 46.9 Å². The molecule has 0 amide bonds. The van der Waals surface area contributed by atoms with E-state index in [0.717, 1.165) is 6.26 Å². The molecule has 0 saturated heterocycles. The first-order valence-corrected chi connectivity index (χ1v) is 9.13. The zero-order chi connectivity index (χ0) is 16.1. The van der Waals surface area contributed by atoms with Crippen LogP contribution in [0, 0.1) is 0 Å². The van der Waals surface area contributed by atoms with Crippen molar-refractivity contribution in [3.63, 3.8) is 0 Å². The molecule has 2 aromatic carbocycles. The summed E-state index contributed by atoms with van der Waals surface area (Å²) in [4.78, 5) is 6.82. The summed E-state index contributed by atoms with van der Waals surface area (Å²) in [6.45, 7) is 0. The Labute approximate surface area is 141 Å². The van der Waals surface area contributed by atoms with E-state index in [1.54, 1.807) is 30.3 Å². The van der Waals surface area contributed by atoms with Gasteiger partial charge >= 0.3 is 0 Å². The van der Waals surface area contributed by atoms with Crippen LogP contribution in [-0.2, 0) is 9.84 Å². The molecule has 3 rings (SSSR count). The van der Waals surface area contributed by atoms with Crippen LogP contribution in [-0.4, -0.2) is 24.6 Å². The van der Waals surface area contributed by atoms with Crippen molar-refractivity contribution < 1.29 is 8.42 Å². The fourth-order valence-electron chi connectivity index (χ4n) is 2.10. The van der Waals surface area contributed by atoms with Crippen LogP contribution >= 0.6 is 34.8 Å². The van der Waals surface area contributed by atoms with Gasteiger partial charge in [-0.3, -0.25) is 0 Å². The van der Waals surface area contributed by atoms with E-state index in [-0.39, 0.29) is 5.16 Å². The van der Waals surface area contributed by atoms with Gasteiger partial charge in [0.25, 0.3) is 0 Å². The first kappa shape index (κ1) is 15.6. The molecule has 1 aromatic heterocycles. The maximum atomic E-state index is 11.6. The highest BCUT2D eigenvalue weighted by atomic mass is 35.5. The fourth-order valence-corrected chi connectivity index (χ4v) is 3.33. The zero-order valence-electron chi connectivity index (χ0n) is 11.2. The van der Waals surface area contributed by atoms with Crippen LogP contribution in [0.25, 0.3) is 22.2 Å². The molecule has 114 valence electrons. The Hall–Kier alpha value is -1.27. The van der Waals surface area contributed by atoms with E-state index < -0.39 is 9.84 Å². The van der Waals surface area contributed by atoms with E-state index in [1.807, 2.05) is 0 Å². The lowest BCUT2D eigenvalue weighted by molar-refractivity contribution is 0.595. The highest BCUT2D eigenvalue weighted by Gasteiger charge is 2.16. The van der Waals surface area contributed by atoms with Crippen molar-refractivity contribution in [3.05, 3.63) is 45.4 Å². The van der Waals surface area contributed by atoms with Crippen molar-refractivity contribution in [2.24, 2.45) is 0 Å². The maximum Gasteiger partial charge on any atom is 0.225 e. The number of aromatic amines is 1. The third kappa shape index (κ3) is 2.70. The summed E-state index contributed by atoms with van der Waals surface area (Å²) in [5.74, 6) is 0. The molecule has 0 aliphatic rings. The molecule has 0 fully saturated rings. The van der Waals surface area contributed by atoms with Crippen LogP contribution in [0.3, 0.4) is 0 Å². The number of hydrogen-bond donors (Lipinski definition) is 1. The van der Waals surface area contributed by atoms with Crippen molar-refractivity contribution >= 4 is 55.7 Å². The molecule has 0 aliphatic heterocycles. The van der Waals surface area contributed by atoms with E-state index >= 15 is 0 Å². The maximum absolute atomic E-state index is 11.6. The molecular weight excluding hydrogens is 367 g/mol. The smallest absolute Gasteiger partial charge is 0.225 e. The lowest BCUT2D eigenvalue weighted by Crippen LogP contribution is -1.98. The summed E-state index contributed by atoms with van der Waals surface area (Å²) in [7, 11) is -3.43. The quantitative estimate of drug-likeness (QED) is 0.712. The molecule has 0 bridgehead atoms. The van der Waals surface area contributed by atoms with Crippen LogP contribution in [0.1, 0.15) is 0 Å². The Kier molecular flexibility index (Phi) is 3.85. The van der Waals surface area contributed by atoms with Gasteiger partial charge in [-0.05, 0) is 18.2 Å². The third-order valence-corrected chi connectivity index (χ3v) is 5.17. The molecule has 0 aliphatic carbocycles. The lowest BCUT2D eigenvalue weighted by Gasteiger charge is -2.08. The number of nitrogens with one attached hydrogen (secondary N) is 1. The minimum Gasteiger partial charge on any atom is -0.329 e. The Balaban J connectivity index is 2.27. The van der Waals surface area contributed by atoms with Gasteiger partial charge in [0.2, 0.25) is 15.0 Å². The van der Waals surface area contributed by atoms with Crippen LogP contribution < -0.4 is 0 Å². The van der Waals surface area contributed by atoms with Crippen LogP contribution in [0.15, 0.2) is 35.5 Å². The molecule has 8 heteroatoms. The highest BCUT2D eigenvalue weighted by Crippen LogP contribution is 2.38. The average Bonchev–Trinajstić information content (AvgIpc) is 2.84. The van der Waals surface area contributed by atoms with Gasteiger partial charge in [0, 0.05) is 17.4 Å². The van der Waals surface area contributed by atoms with Crippen LogP contribution in [0.2, 0.25) is 15.1 Å². The molecule has 0 unspecified atom stereocenters. The lowest BCUT2D eigenvalue weighted by atomic mass is 10.0. The normalized spacial score (nSPS) is 12.0.